The van der Waals surface area contributed by atoms with Gasteiger partial charge in [-0.15, -0.1) is 11.3 Å². The Morgan fingerprint density at radius 3 is 2.90 bits per heavy atom. The van der Waals surface area contributed by atoms with Crippen LogP contribution in [0.2, 0.25) is 0 Å². The molecule has 5 heteroatoms. The van der Waals surface area contributed by atoms with Crippen molar-refractivity contribution in [3.63, 3.8) is 0 Å². The van der Waals surface area contributed by atoms with E-state index in [2.05, 4.69) is 22.9 Å². The van der Waals surface area contributed by atoms with Gasteiger partial charge in [0.2, 0.25) is 5.91 Å². The number of hydrogen-bond acceptors (Lipinski definition) is 4. The quantitative estimate of drug-likeness (QED) is 0.948. The number of carbonyl (C=O) groups is 1. The van der Waals surface area contributed by atoms with Crippen LogP contribution in [0.3, 0.4) is 0 Å². The molecule has 1 aromatic heterocycles. The zero-order valence-electron chi connectivity index (χ0n) is 12.2. The summed E-state index contributed by atoms with van der Waals surface area (Å²) in [5, 5.41) is 1.08. The van der Waals surface area contributed by atoms with Crippen LogP contribution in [0.1, 0.15) is 34.7 Å². The first kappa shape index (κ1) is 14.1. The third-order valence-electron chi connectivity index (χ3n) is 4.07. The zero-order valence-corrected chi connectivity index (χ0v) is 13.1. The van der Waals surface area contributed by atoms with E-state index < -0.39 is 0 Å². The molecular weight excluding hydrogens is 282 g/mol. The Hall–Kier alpha value is -1.88. The Bertz CT molecular complexity index is 667. The standard InChI is InChI=1S/C16H19N3OS/c1-10-7-14(16(17)20)13-5-3-4-6-15(13)19(10)9-12-8-18-11(2)21-12/h3-6,8,10,14H,7,9H2,1-2H3,(H2,17,20). The van der Waals surface area contributed by atoms with Crippen LogP contribution < -0.4 is 10.6 Å². The number of rotatable bonds is 3. The lowest BCUT2D eigenvalue weighted by atomic mass is 9.85. The predicted octanol–water partition coefficient (Wildman–Crippen LogP) is 2.82. The van der Waals surface area contributed by atoms with Crippen molar-refractivity contribution in [3.8, 4) is 0 Å². The lowest BCUT2D eigenvalue weighted by Gasteiger charge is -2.39. The number of thiazole rings is 1. The summed E-state index contributed by atoms with van der Waals surface area (Å²) in [6.45, 7) is 5.00. The largest absolute Gasteiger partial charge is 0.369 e. The zero-order chi connectivity index (χ0) is 15.0. The SMILES string of the molecule is Cc1ncc(CN2c3ccccc3C(C(N)=O)CC2C)s1. The van der Waals surface area contributed by atoms with Crippen LogP contribution >= 0.6 is 11.3 Å². The second kappa shape index (κ2) is 5.48. The van der Waals surface area contributed by atoms with Gasteiger partial charge in [0.15, 0.2) is 0 Å². The molecule has 2 N–H and O–H groups in total. The van der Waals surface area contributed by atoms with Crippen molar-refractivity contribution in [1.82, 2.24) is 4.98 Å². The molecule has 2 aromatic rings. The molecular formula is C16H19N3OS. The lowest BCUT2D eigenvalue weighted by molar-refractivity contribution is -0.119. The number of nitrogens with two attached hydrogens (primary N) is 1. The van der Waals surface area contributed by atoms with Gasteiger partial charge in [-0.2, -0.15) is 0 Å². The normalized spacial score (nSPS) is 21.1. The molecule has 0 aliphatic carbocycles. The Labute approximate surface area is 128 Å². The predicted molar refractivity (Wildman–Crippen MR) is 85.5 cm³/mol. The van der Waals surface area contributed by atoms with Crippen LogP contribution in [-0.2, 0) is 11.3 Å². The number of benzene rings is 1. The lowest BCUT2D eigenvalue weighted by Crippen LogP contribution is -2.41. The van der Waals surface area contributed by atoms with Crippen molar-refractivity contribution in [1.29, 1.82) is 0 Å². The van der Waals surface area contributed by atoms with Crippen molar-refractivity contribution < 1.29 is 4.79 Å². The monoisotopic (exact) mass is 301 g/mol. The topological polar surface area (TPSA) is 59.2 Å². The summed E-state index contributed by atoms with van der Waals surface area (Å²) < 4.78 is 0. The minimum absolute atomic E-state index is 0.185. The van der Waals surface area contributed by atoms with Crippen molar-refractivity contribution in [2.75, 3.05) is 4.90 Å². The van der Waals surface area contributed by atoms with Crippen LogP contribution in [-0.4, -0.2) is 16.9 Å². The molecule has 110 valence electrons. The fraction of sp³-hybridized carbons (Fsp3) is 0.375. The van der Waals surface area contributed by atoms with Gasteiger partial charge < -0.3 is 10.6 Å². The smallest absolute Gasteiger partial charge is 0.225 e. The van der Waals surface area contributed by atoms with E-state index in [1.54, 1.807) is 11.3 Å². The van der Waals surface area contributed by atoms with Gasteiger partial charge in [0.05, 0.1) is 17.5 Å². The van der Waals surface area contributed by atoms with Crippen molar-refractivity contribution >= 4 is 22.9 Å². The van der Waals surface area contributed by atoms with Crippen LogP contribution in [0, 0.1) is 6.92 Å². The molecule has 0 radical (unpaired) electrons. The number of aryl methyl sites for hydroxylation is 1. The molecule has 1 aromatic carbocycles. The summed E-state index contributed by atoms with van der Waals surface area (Å²) in [4.78, 5) is 19.6. The molecule has 0 bridgehead atoms. The van der Waals surface area contributed by atoms with Crippen molar-refractivity contribution in [3.05, 3.63) is 45.9 Å². The van der Waals surface area contributed by atoms with Gasteiger partial charge in [0.25, 0.3) is 0 Å². The average molecular weight is 301 g/mol. The van der Waals surface area contributed by atoms with E-state index in [1.807, 2.05) is 31.3 Å². The maximum atomic E-state index is 11.7. The molecule has 2 atom stereocenters. The van der Waals surface area contributed by atoms with E-state index >= 15 is 0 Å². The van der Waals surface area contributed by atoms with Crippen LogP contribution in [0.5, 0.6) is 0 Å². The summed E-state index contributed by atoms with van der Waals surface area (Å²) >= 11 is 1.72. The molecule has 21 heavy (non-hydrogen) atoms. The summed E-state index contributed by atoms with van der Waals surface area (Å²) in [6.07, 6.45) is 2.71. The molecule has 0 fully saturated rings. The molecule has 2 unspecified atom stereocenters. The number of primary amides is 1. The second-order valence-corrected chi connectivity index (χ2v) is 6.89. The van der Waals surface area contributed by atoms with Gasteiger partial charge in [0, 0.05) is 22.8 Å². The van der Waals surface area contributed by atoms with E-state index in [-0.39, 0.29) is 17.9 Å². The maximum absolute atomic E-state index is 11.7. The fourth-order valence-corrected chi connectivity index (χ4v) is 3.83. The molecule has 0 spiro atoms. The first-order valence-corrected chi connectivity index (χ1v) is 7.94. The Morgan fingerprint density at radius 2 is 2.24 bits per heavy atom. The minimum atomic E-state index is -0.234. The fourth-order valence-electron chi connectivity index (χ4n) is 3.03. The highest BCUT2D eigenvalue weighted by atomic mass is 32.1. The van der Waals surface area contributed by atoms with Gasteiger partial charge in [-0.25, -0.2) is 4.98 Å². The number of aromatic nitrogens is 1. The Balaban J connectivity index is 1.97. The number of amides is 1. The molecule has 0 saturated carbocycles. The van der Waals surface area contributed by atoms with E-state index in [0.717, 1.165) is 29.2 Å². The van der Waals surface area contributed by atoms with Crippen LogP contribution in [0.25, 0.3) is 0 Å². The number of hydrogen-bond donors (Lipinski definition) is 1. The third-order valence-corrected chi connectivity index (χ3v) is 4.97. The molecule has 1 amide bonds. The second-order valence-electron chi connectivity index (χ2n) is 5.57. The summed E-state index contributed by atoms with van der Waals surface area (Å²) in [6, 6.07) is 8.36. The molecule has 1 aliphatic heterocycles. The van der Waals surface area contributed by atoms with E-state index in [9.17, 15) is 4.79 Å². The van der Waals surface area contributed by atoms with Crippen molar-refractivity contribution in [2.24, 2.45) is 5.73 Å². The first-order chi connectivity index (χ1) is 10.1. The van der Waals surface area contributed by atoms with Gasteiger partial charge in [0.1, 0.15) is 0 Å². The van der Waals surface area contributed by atoms with Crippen LogP contribution in [0.15, 0.2) is 30.5 Å². The van der Waals surface area contributed by atoms with E-state index in [4.69, 9.17) is 5.73 Å². The van der Waals surface area contributed by atoms with Crippen molar-refractivity contribution in [2.45, 2.75) is 38.8 Å². The minimum Gasteiger partial charge on any atom is -0.369 e. The highest BCUT2D eigenvalue weighted by Gasteiger charge is 2.33. The highest BCUT2D eigenvalue weighted by Crippen LogP contribution is 2.39. The number of para-hydroxylation sites is 1. The van der Waals surface area contributed by atoms with Gasteiger partial charge in [-0.05, 0) is 31.9 Å². The average Bonchev–Trinajstić information content (AvgIpc) is 2.87. The summed E-state index contributed by atoms with van der Waals surface area (Å²) in [7, 11) is 0. The summed E-state index contributed by atoms with van der Waals surface area (Å²) in [5.41, 5.74) is 7.74. The number of anilines is 1. The number of carbonyl (C=O) groups excluding carboxylic acids is 1. The molecule has 4 nitrogen and oxygen atoms in total. The number of nitrogens with zero attached hydrogens (tertiary/aromatic N) is 2. The van der Waals surface area contributed by atoms with Gasteiger partial charge >= 0.3 is 0 Å². The first-order valence-electron chi connectivity index (χ1n) is 7.12. The molecule has 2 heterocycles. The highest BCUT2D eigenvalue weighted by molar-refractivity contribution is 7.11. The Kier molecular flexibility index (Phi) is 3.68. The third kappa shape index (κ3) is 2.65. The van der Waals surface area contributed by atoms with Gasteiger partial charge in [-0.1, -0.05) is 18.2 Å². The summed E-state index contributed by atoms with van der Waals surface area (Å²) in [5.74, 6) is -0.418. The molecule has 1 aliphatic rings. The van der Waals surface area contributed by atoms with E-state index in [0.29, 0.717) is 0 Å². The Morgan fingerprint density at radius 1 is 1.48 bits per heavy atom. The maximum Gasteiger partial charge on any atom is 0.225 e. The molecule has 0 saturated heterocycles. The van der Waals surface area contributed by atoms with Crippen LogP contribution in [0.4, 0.5) is 5.69 Å². The molecule has 3 rings (SSSR count). The number of fused-ring (bicyclic) bond motifs is 1. The van der Waals surface area contributed by atoms with Gasteiger partial charge in [-0.3, -0.25) is 4.79 Å². The van der Waals surface area contributed by atoms with E-state index in [1.165, 1.54) is 4.88 Å².